The largest absolute Gasteiger partial charge is 0.346 e. The summed E-state index contributed by atoms with van der Waals surface area (Å²) in [6.07, 6.45) is 4.80. The molecule has 4 rings (SSSR count). The van der Waals surface area contributed by atoms with Gasteiger partial charge in [-0.2, -0.15) is 0 Å². The van der Waals surface area contributed by atoms with Gasteiger partial charge in [0.15, 0.2) is 0 Å². The van der Waals surface area contributed by atoms with E-state index in [4.69, 9.17) is 0 Å². The van der Waals surface area contributed by atoms with Gasteiger partial charge in [-0.1, -0.05) is 0 Å². The highest BCUT2D eigenvalue weighted by Crippen LogP contribution is 2.31. The van der Waals surface area contributed by atoms with Crippen LogP contribution in [0.2, 0.25) is 0 Å². The first-order chi connectivity index (χ1) is 11.7. The van der Waals surface area contributed by atoms with Crippen LogP contribution in [0.3, 0.4) is 0 Å². The standard InChI is InChI=1S/C17H11F2N5/c18-10-3-4-14(13(19)8-10)24-17-11(2-1-6-20-17)15-12-5-7-21-16(12)23-9-22-15/h1-9H,(H,20,24)(H,21,22,23). The molecule has 0 fully saturated rings. The molecule has 7 heteroatoms. The van der Waals surface area contributed by atoms with E-state index in [-0.39, 0.29) is 5.69 Å². The van der Waals surface area contributed by atoms with E-state index >= 15 is 0 Å². The molecule has 0 aliphatic heterocycles. The molecule has 118 valence electrons. The zero-order chi connectivity index (χ0) is 16.5. The third-order valence-electron chi connectivity index (χ3n) is 3.60. The topological polar surface area (TPSA) is 66.5 Å². The number of pyridine rings is 1. The molecular formula is C17H11F2N5. The van der Waals surface area contributed by atoms with Crippen molar-refractivity contribution in [3.8, 4) is 11.3 Å². The molecule has 0 aliphatic rings. The zero-order valence-corrected chi connectivity index (χ0v) is 12.3. The van der Waals surface area contributed by atoms with E-state index in [0.717, 1.165) is 11.5 Å². The molecule has 0 amide bonds. The molecule has 5 nitrogen and oxygen atoms in total. The second-order valence-electron chi connectivity index (χ2n) is 5.11. The van der Waals surface area contributed by atoms with Gasteiger partial charge in [0.1, 0.15) is 29.4 Å². The fraction of sp³-hybridized carbons (Fsp3) is 0. The van der Waals surface area contributed by atoms with Crippen LogP contribution in [-0.4, -0.2) is 19.9 Å². The van der Waals surface area contributed by atoms with Crippen molar-refractivity contribution in [3.05, 3.63) is 66.8 Å². The summed E-state index contributed by atoms with van der Waals surface area (Å²) in [5, 5.41) is 3.73. The summed E-state index contributed by atoms with van der Waals surface area (Å²) in [5.74, 6) is -0.908. The number of aromatic nitrogens is 4. The van der Waals surface area contributed by atoms with E-state index in [2.05, 4.69) is 25.3 Å². The fourth-order valence-electron chi connectivity index (χ4n) is 2.50. The van der Waals surface area contributed by atoms with Gasteiger partial charge in [0.05, 0.1) is 11.4 Å². The van der Waals surface area contributed by atoms with E-state index in [1.54, 1.807) is 18.5 Å². The SMILES string of the molecule is Fc1ccc(Nc2ncccc2-c2ncnc3[nH]ccc23)c(F)c1. The van der Waals surface area contributed by atoms with Gasteiger partial charge in [-0.3, -0.25) is 0 Å². The molecule has 4 aromatic rings. The van der Waals surface area contributed by atoms with E-state index in [0.29, 0.717) is 22.7 Å². The first-order valence-electron chi connectivity index (χ1n) is 7.18. The Labute approximate surface area is 135 Å². The second kappa shape index (κ2) is 5.69. The number of aromatic amines is 1. The molecule has 0 saturated heterocycles. The van der Waals surface area contributed by atoms with Crippen molar-refractivity contribution in [1.29, 1.82) is 0 Å². The van der Waals surface area contributed by atoms with Crippen LogP contribution in [0.1, 0.15) is 0 Å². The maximum Gasteiger partial charge on any atom is 0.149 e. The summed E-state index contributed by atoms with van der Waals surface area (Å²) in [6, 6.07) is 8.78. The van der Waals surface area contributed by atoms with Crippen LogP contribution in [0.5, 0.6) is 0 Å². The highest BCUT2D eigenvalue weighted by atomic mass is 19.1. The lowest BCUT2D eigenvalue weighted by molar-refractivity contribution is 0.586. The van der Waals surface area contributed by atoms with Crippen molar-refractivity contribution in [1.82, 2.24) is 19.9 Å². The van der Waals surface area contributed by atoms with Crippen LogP contribution in [0.4, 0.5) is 20.3 Å². The lowest BCUT2D eigenvalue weighted by Gasteiger charge is -2.11. The summed E-state index contributed by atoms with van der Waals surface area (Å²) >= 11 is 0. The van der Waals surface area contributed by atoms with Gasteiger partial charge in [-0.15, -0.1) is 0 Å². The molecular weight excluding hydrogens is 312 g/mol. The highest BCUT2D eigenvalue weighted by Gasteiger charge is 2.14. The number of benzene rings is 1. The summed E-state index contributed by atoms with van der Waals surface area (Å²) in [7, 11) is 0. The van der Waals surface area contributed by atoms with Gasteiger partial charge >= 0.3 is 0 Å². The van der Waals surface area contributed by atoms with Crippen molar-refractivity contribution in [2.24, 2.45) is 0 Å². The zero-order valence-electron chi connectivity index (χ0n) is 12.3. The quantitative estimate of drug-likeness (QED) is 0.597. The first-order valence-corrected chi connectivity index (χ1v) is 7.18. The average molecular weight is 323 g/mol. The number of nitrogens with one attached hydrogen (secondary N) is 2. The number of H-pyrrole nitrogens is 1. The monoisotopic (exact) mass is 323 g/mol. The Morgan fingerprint density at radius 1 is 1.00 bits per heavy atom. The molecule has 0 aliphatic carbocycles. The maximum atomic E-state index is 13.9. The van der Waals surface area contributed by atoms with Gasteiger partial charge in [-0.25, -0.2) is 23.7 Å². The summed E-state index contributed by atoms with van der Waals surface area (Å²) in [6.45, 7) is 0. The number of fused-ring (bicyclic) bond motifs is 1. The maximum absolute atomic E-state index is 13.9. The Morgan fingerprint density at radius 2 is 1.92 bits per heavy atom. The van der Waals surface area contributed by atoms with Gasteiger partial charge in [-0.05, 0) is 30.3 Å². The van der Waals surface area contributed by atoms with Crippen LogP contribution in [0, 0.1) is 11.6 Å². The highest BCUT2D eigenvalue weighted by molar-refractivity contribution is 5.94. The number of rotatable bonds is 3. The van der Waals surface area contributed by atoms with Crippen molar-refractivity contribution in [2.45, 2.75) is 0 Å². The van der Waals surface area contributed by atoms with Crippen molar-refractivity contribution < 1.29 is 8.78 Å². The van der Waals surface area contributed by atoms with E-state index in [9.17, 15) is 8.78 Å². The van der Waals surface area contributed by atoms with Gasteiger partial charge < -0.3 is 10.3 Å². The fourth-order valence-corrected chi connectivity index (χ4v) is 2.50. The first kappa shape index (κ1) is 14.3. The van der Waals surface area contributed by atoms with Crippen LogP contribution < -0.4 is 5.32 Å². The van der Waals surface area contributed by atoms with E-state index < -0.39 is 11.6 Å². The number of halogens is 2. The van der Waals surface area contributed by atoms with Gasteiger partial charge in [0.25, 0.3) is 0 Å². The summed E-state index contributed by atoms with van der Waals surface area (Å²) in [4.78, 5) is 15.8. The molecule has 3 aromatic heterocycles. The van der Waals surface area contributed by atoms with Crippen LogP contribution in [0.15, 0.2) is 55.1 Å². The summed E-state index contributed by atoms with van der Waals surface area (Å²) in [5.41, 5.74) is 2.19. The van der Waals surface area contributed by atoms with Crippen molar-refractivity contribution in [3.63, 3.8) is 0 Å². The Morgan fingerprint density at radius 3 is 2.79 bits per heavy atom. The minimum Gasteiger partial charge on any atom is -0.346 e. The molecule has 0 bridgehead atoms. The molecule has 0 spiro atoms. The van der Waals surface area contributed by atoms with Gasteiger partial charge in [0, 0.05) is 29.4 Å². The lowest BCUT2D eigenvalue weighted by Crippen LogP contribution is -2.00. The molecule has 3 heterocycles. The van der Waals surface area contributed by atoms with E-state index in [1.165, 1.54) is 18.5 Å². The molecule has 0 saturated carbocycles. The van der Waals surface area contributed by atoms with E-state index in [1.807, 2.05) is 12.1 Å². The Balaban J connectivity index is 1.82. The number of hydrogen-bond acceptors (Lipinski definition) is 4. The van der Waals surface area contributed by atoms with Crippen molar-refractivity contribution >= 4 is 22.5 Å². The molecule has 2 N–H and O–H groups in total. The Kier molecular flexibility index (Phi) is 3.38. The van der Waals surface area contributed by atoms with Crippen LogP contribution in [-0.2, 0) is 0 Å². The summed E-state index contributed by atoms with van der Waals surface area (Å²) < 4.78 is 27.0. The van der Waals surface area contributed by atoms with Crippen LogP contribution in [0.25, 0.3) is 22.3 Å². The Bertz CT molecular complexity index is 1030. The van der Waals surface area contributed by atoms with Crippen LogP contribution >= 0.6 is 0 Å². The molecule has 24 heavy (non-hydrogen) atoms. The second-order valence-corrected chi connectivity index (χ2v) is 5.11. The van der Waals surface area contributed by atoms with Crippen molar-refractivity contribution in [2.75, 3.05) is 5.32 Å². The minimum atomic E-state index is -0.693. The molecule has 0 radical (unpaired) electrons. The predicted molar refractivity (Wildman–Crippen MR) is 86.8 cm³/mol. The number of anilines is 2. The Hall–Kier alpha value is -3.35. The van der Waals surface area contributed by atoms with Gasteiger partial charge in [0.2, 0.25) is 0 Å². The minimum absolute atomic E-state index is 0.135. The third kappa shape index (κ3) is 2.45. The predicted octanol–water partition coefficient (Wildman–Crippen LogP) is 4.04. The number of nitrogens with zero attached hydrogens (tertiary/aromatic N) is 3. The molecule has 0 unspecified atom stereocenters. The smallest absolute Gasteiger partial charge is 0.149 e. The molecule has 1 aromatic carbocycles. The average Bonchev–Trinajstić information content (AvgIpc) is 3.07. The third-order valence-corrected chi connectivity index (χ3v) is 3.60. The number of hydrogen-bond donors (Lipinski definition) is 2. The molecule has 0 atom stereocenters. The normalized spacial score (nSPS) is 10.9. The lowest BCUT2D eigenvalue weighted by atomic mass is 10.1.